The lowest BCUT2D eigenvalue weighted by molar-refractivity contribution is -0.386. The average Bonchev–Trinajstić information content (AvgIpc) is 2.91. The number of aromatic hydroxyl groups is 2. The van der Waals surface area contributed by atoms with Crippen LogP contribution in [0.25, 0.3) is 6.08 Å². The van der Waals surface area contributed by atoms with Gasteiger partial charge in [-0.25, -0.2) is 0 Å². The molecule has 0 radical (unpaired) electrons. The summed E-state index contributed by atoms with van der Waals surface area (Å²) >= 11 is 0. The number of allylic oxidation sites excluding steroid dienone is 1. The van der Waals surface area contributed by atoms with Gasteiger partial charge < -0.3 is 14.6 Å². The van der Waals surface area contributed by atoms with Crippen LogP contribution in [0.2, 0.25) is 0 Å². The van der Waals surface area contributed by atoms with Gasteiger partial charge in [-0.05, 0) is 30.4 Å². The number of benzene rings is 1. The van der Waals surface area contributed by atoms with Crippen molar-refractivity contribution in [3.8, 4) is 11.5 Å². The lowest BCUT2D eigenvalue weighted by Crippen LogP contribution is -1.97. The van der Waals surface area contributed by atoms with Crippen molar-refractivity contribution in [1.82, 2.24) is 0 Å². The summed E-state index contributed by atoms with van der Waals surface area (Å²) in [6.45, 7) is 0. The molecule has 2 rings (SSSR count). The second-order valence-corrected chi connectivity index (χ2v) is 3.83. The molecule has 7 heteroatoms. The Balaban J connectivity index is 2.33. The van der Waals surface area contributed by atoms with Crippen molar-refractivity contribution in [2.24, 2.45) is 0 Å². The van der Waals surface area contributed by atoms with Gasteiger partial charge >= 0.3 is 5.69 Å². The maximum atomic E-state index is 11.8. The van der Waals surface area contributed by atoms with E-state index in [1.165, 1.54) is 12.3 Å². The highest BCUT2D eigenvalue weighted by Crippen LogP contribution is 2.36. The van der Waals surface area contributed by atoms with Crippen molar-refractivity contribution in [3.05, 3.63) is 58.0 Å². The van der Waals surface area contributed by atoms with Gasteiger partial charge in [-0.2, -0.15) is 0 Å². The number of rotatable bonds is 4. The van der Waals surface area contributed by atoms with Crippen molar-refractivity contribution in [2.75, 3.05) is 0 Å². The van der Waals surface area contributed by atoms with E-state index in [4.69, 9.17) is 4.42 Å². The van der Waals surface area contributed by atoms with Crippen LogP contribution in [-0.4, -0.2) is 20.9 Å². The first-order valence-corrected chi connectivity index (χ1v) is 5.45. The van der Waals surface area contributed by atoms with Crippen LogP contribution in [0.5, 0.6) is 11.5 Å². The van der Waals surface area contributed by atoms with Crippen molar-refractivity contribution in [2.45, 2.75) is 0 Å². The zero-order valence-electron chi connectivity index (χ0n) is 10.0. The molecule has 0 aliphatic rings. The van der Waals surface area contributed by atoms with E-state index in [1.54, 1.807) is 12.1 Å². The van der Waals surface area contributed by atoms with Gasteiger partial charge in [0.15, 0.2) is 11.5 Å². The van der Waals surface area contributed by atoms with E-state index < -0.39 is 27.9 Å². The zero-order chi connectivity index (χ0) is 14.7. The van der Waals surface area contributed by atoms with Gasteiger partial charge in [-0.3, -0.25) is 14.9 Å². The van der Waals surface area contributed by atoms with E-state index in [0.29, 0.717) is 5.76 Å². The molecule has 1 heterocycles. The quantitative estimate of drug-likeness (QED) is 0.291. The molecule has 0 aliphatic carbocycles. The first kappa shape index (κ1) is 13.3. The first-order chi connectivity index (χ1) is 9.49. The minimum Gasteiger partial charge on any atom is -0.504 e. The maximum Gasteiger partial charge on any atom is 0.315 e. The molecule has 0 unspecified atom stereocenters. The number of nitro benzene ring substituents is 1. The molecule has 0 fully saturated rings. The van der Waals surface area contributed by atoms with Gasteiger partial charge in [0.25, 0.3) is 0 Å². The SMILES string of the molecule is O=C(/C=C/c1ccco1)c1cc(O)c(O)c([N+](=O)[O-])c1. The van der Waals surface area contributed by atoms with Crippen LogP contribution in [0.1, 0.15) is 16.1 Å². The highest BCUT2D eigenvalue weighted by molar-refractivity contribution is 6.07. The van der Waals surface area contributed by atoms with Crippen molar-refractivity contribution >= 4 is 17.5 Å². The van der Waals surface area contributed by atoms with Crippen molar-refractivity contribution in [1.29, 1.82) is 0 Å². The third-order valence-electron chi connectivity index (χ3n) is 2.49. The number of furan rings is 1. The first-order valence-electron chi connectivity index (χ1n) is 5.45. The van der Waals surface area contributed by atoms with Crippen LogP contribution >= 0.6 is 0 Å². The Bertz CT molecular complexity index is 687. The monoisotopic (exact) mass is 275 g/mol. The smallest absolute Gasteiger partial charge is 0.315 e. The molecular weight excluding hydrogens is 266 g/mol. The third kappa shape index (κ3) is 2.66. The Morgan fingerprint density at radius 1 is 1.35 bits per heavy atom. The normalized spacial score (nSPS) is 10.8. The molecule has 102 valence electrons. The van der Waals surface area contributed by atoms with E-state index in [0.717, 1.165) is 18.2 Å². The Kier molecular flexibility index (Phi) is 3.52. The second-order valence-electron chi connectivity index (χ2n) is 3.83. The highest BCUT2D eigenvalue weighted by atomic mass is 16.6. The summed E-state index contributed by atoms with van der Waals surface area (Å²) in [5.74, 6) is -1.73. The van der Waals surface area contributed by atoms with Gasteiger partial charge in [0.1, 0.15) is 5.76 Å². The zero-order valence-corrected chi connectivity index (χ0v) is 10.0. The van der Waals surface area contributed by atoms with Crippen LogP contribution in [0.4, 0.5) is 5.69 Å². The van der Waals surface area contributed by atoms with Gasteiger partial charge in [-0.15, -0.1) is 0 Å². The number of phenolic OH excluding ortho intramolecular Hbond substituents is 2. The number of hydrogen-bond donors (Lipinski definition) is 2. The van der Waals surface area contributed by atoms with E-state index in [1.807, 2.05) is 0 Å². The predicted octanol–water partition coefficient (Wildman–Crippen LogP) is 2.50. The van der Waals surface area contributed by atoms with E-state index in [2.05, 4.69) is 0 Å². The van der Waals surface area contributed by atoms with E-state index >= 15 is 0 Å². The average molecular weight is 275 g/mol. The van der Waals surface area contributed by atoms with Crippen LogP contribution in [0.3, 0.4) is 0 Å². The number of hydrogen-bond acceptors (Lipinski definition) is 6. The van der Waals surface area contributed by atoms with Gasteiger partial charge in [0, 0.05) is 11.6 Å². The number of nitrogens with zero attached hydrogens (tertiary/aromatic N) is 1. The fourth-order valence-electron chi connectivity index (χ4n) is 1.53. The molecule has 1 aromatic carbocycles. The molecule has 1 aromatic heterocycles. The van der Waals surface area contributed by atoms with Crippen LogP contribution < -0.4 is 0 Å². The number of carbonyl (C=O) groups excluding carboxylic acids is 1. The summed E-state index contributed by atoms with van der Waals surface area (Å²) < 4.78 is 4.99. The van der Waals surface area contributed by atoms with Crippen LogP contribution in [0.15, 0.2) is 41.0 Å². The molecule has 0 atom stereocenters. The van der Waals surface area contributed by atoms with Crippen LogP contribution in [0, 0.1) is 10.1 Å². The topological polar surface area (TPSA) is 114 Å². The van der Waals surface area contributed by atoms with Crippen molar-refractivity contribution < 1.29 is 24.3 Å². The molecular formula is C13H9NO6. The Morgan fingerprint density at radius 2 is 2.10 bits per heavy atom. The number of nitro groups is 1. The summed E-state index contributed by atoms with van der Waals surface area (Å²) in [5.41, 5.74) is -0.852. The molecule has 0 saturated carbocycles. The third-order valence-corrected chi connectivity index (χ3v) is 2.49. The van der Waals surface area contributed by atoms with Crippen LogP contribution in [-0.2, 0) is 0 Å². The molecule has 7 nitrogen and oxygen atoms in total. The highest BCUT2D eigenvalue weighted by Gasteiger charge is 2.20. The second kappa shape index (κ2) is 5.27. The summed E-state index contributed by atoms with van der Waals surface area (Å²) in [4.78, 5) is 21.6. The van der Waals surface area contributed by atoms with Gasteiger partial charge in [-0.1, -0.05) is 0 Å². The molecule has 0 saturated heterocycles. The summed E-state index contributed by atoms with van der Waals surface area (Å²) in [7, 11) is 0. The molecule has 20 heavy (non-hydrogen) atoms. The summed E-state index contributed by atoms with van der Waals surface area (Å²) in [6, 6.07) is 5.11. The lowest BCUT2D eigenvalue weighted by Gasteiger charge is -2.01. The molecule has 0 bridgehead atoms. The summed E-state index contributed by atoms with van der Waals surface area (Å²) in [5, 5.41) is 29.4. The fourth-order valence-corrected chi connectivity index (χ4v) is 1.53. The Morgan fingerprint density at radius 3 is 2.70 bits per heavy atom. The standard InChI is InChI=1S/C13H9NO6/c15-11(4-3-9-2-1-5-20-9)8-6-10(14(18)19)13(17)12(16)7-8/h1-7,16-17H/b4-3+. The molecule has 0 amide bonds. The fraction of sp³-hybridized carbons (Fsp3) is 0. The number of phenols is 2. The number of ketones is 1. The number of carbonyl (C=O) groups is 1. The van der Waals surface area contributed by atoms with Gasteiger partial charge in [0.05, 0.1) is 11.2 Å². The van der Waals surface area contributed by atoms with E-state index in [-0.39, 0.29) is 5.56 Å². The lowest BCUT2D eigenvalue weighted by atomic mass is 10.1. The largest absolute Gasteiger partial charge is 0.504 e. The molecule has 2 aromatic rings. The maximum absolute atomic E-state index is 11.8. The Hall–Kier alpha value is -3.09. The molecule has 0 spiro atoms. The van der Waals surface area contributed by atoms with E-state index in [9.17, 15) is 25.1 Å². The summed E-state index contributed by atoms with van der Waals surface area (Å²) in [6.07, 6.45) is 3.97. The van der Waals surface area contributed by atoms with Gasteiger partial charge in [0.2, 0.25) is 5.75 Å². The molecule has 0 aliphatic heterocycles. The predicted molar refractivity (Wildman–Crippen MR) is 68.5 cm³/mol. The Labute approximate surface area is 112 Å². The van der Waals surface area contributed by atoms with Crippen molar-refractivity contribution in [3.63, 3.8) is 0 Å². The minimum atomic E-state index is -0.887. The minimum absolute atomic E-state index is 0.116. The molecule has 2 N–H and O–H groups in total.